The highest BCUT2D eigenvalue weighted by atomic mass is 35.5. The molecule has 0 aliphatic carbocycles. The Labute approximate surface area is 135 Å². The van der Waals surface area contributed by atoms with E-state index in [1.54, 1.807) is 18.2 Å². The van der Waals surface area contributed by atoms with E-state index in [1.165, 1.54) is 0 Å². The van der Waals surface area contributed by atoms with Crippen molar-refractivity contribution in [3.8, 4) is 0 Å². The maximum Gasteiger partial charge on any atom is 0.313 e. The maximum absolute atomic E-state index is 11.8. The highest BCUT2D eigenvalue weighted by Crippen LogP contribution is 2.19. The van der Waals surface area contributed by atoms with Crippen molar-refractivity contribution >= 4 is 29.1 Å². The van der Waals surface area contributed by atoms with Crippen LogP contribution in [0.1, 0.15) is 5.56 Å². The molecule has 1 aromatic rings. The molecule has 0 unspecified atom stereocenters. The van der Waals surface area contributed by atoms with Gasteiger partial charge in [0.15, 0.2) is 0 Å². The van der Waals surface area contributed by atoms with Crippen molar-refractivity contribution in [3.05, 3.63) is 28.8 Å². The topological polar surface area (TPSA) is 73.5 Å². The molecule has 1 aliphatic heterocycles. The van der Waals surface area contributed by atoms with Crippen LogP contribution in [0.25, 0.3) is 0 Å². The molecular weight excluding hydrogens is 304 g/mol. The van der Waals surface area contributed by atoms with Crippen LogP contribution in [-0.2, 0) is 9.59 Å². The average molecular weight is 325 g/mol. The molecule has 2 rings (SSSR count). The lowest BCUT2D eigenvalue weighted by Gasteiger charge is -2.26. The predicted octanol–water partition coefficient (Wildman–Crippen LogP) is 0.608. The lowest BCUT2D eigenvalue weighted by Crippen LogP contribution is -2.47. The lowest BCUT2D eigenvalue weighted by molar-refractivity contribution is -0.136. The Bertz CT molecular complexity index is 544. The standard InChI is InChI=1S/C15H21ClN4O2/c1-11-2-3-12(10-13(11)16)19-15(22)14(21)18-6-9-20-7-4-17-5-8-20/h2-3,10,17H,4-9H2,1H3,(H,18,21)(H,19,22). The number of benzene rings is 1. The summed E-state index contributed by atoms with van der Waals surface area (Å²) in [7, 11) is 0. The third-order valence-corrected chi connectivity index (χ3v) is 3.97. The number of aryl methyl sites for hydroxylation is 1. The number of anilines is 1. The maximum atomic E-state index is 11.8. The second kappa shape index (κ2) is 8.12. The molecule has 1 saturated heterocycles. The first-order chi connectivity index (χ1) is 10.6. The lowest BCUT2D eigenvalue weighted by atomic mass is 10.2. The number of amides is 2. The Kier molecular flexibility index (Phi) is 6.18. The van der Waals surface area contributed by atoms with Gasteiger partial charge in [0.05, 0.1) is 0 Å². The van der Waals surface area contributed by atoms with Crippen LogP contribution in [0.2, 0.25) is 5.02 Å². The molecule has 6 nitrogen and oxygen atoms in total. The Balaban J connectivity index is 1.74. The molecule has 0 aromatic heterocycles. The van der Waals surface area contributed by atoms with Crippen LogP contribution >= 0.6 is 11.6 Å². The van der Waals surface area contributed by atoms with Crippen molar-refractivity contribution in [2.45, 2.75) is 6.92 Å². The first kappa shape index (κ1) is 16.7. The molecule has 120 valence electrons. The highest BCUT2D eigenvalue weighted by molar-refractivity contribution is 6.39. The van der Waals surface area contributed by atoms with Gasteiger partial charge in [-0.3, -0.25) is 14.5 Å². The van der Waals surface area contributed by atoms with Crippen molar-refractivity contribution in [1.82, 2.24) is 15.5 Å². The van der Waals surface area contributed by atoms with Gasteiger partial charge in [0.2, 0.25) is 0 Å². The summed E-state index contributed by atoms with van der Waals surface area (Å²) in [5.74, 6) is -1.31. The van der Waals surface area contributed by atoms with Crippen molar-refractivity contribution in [3.63, 3.8) is 0 Å². The molecule has 3 N–H and O–H groups in total. The van der Waals surface area contributed by atoms with Gasteiger partial charge in [0, 0.05) is 50.0 Å². The summed E-state index contributed by atoms with van der Waals surface area (Å²) >= 11 is 5.98. The number of nitrogens with one attached hydrogen (secondary N) is 3. The Morgan fingerprint density at radius 1 is 1.27 bits per heavy atom. The van der Waals surface area contributed by atoms with Gasteiger partial charge >= 0.3 is 11.8 Å². The molecule has 1 fully saturated rings. The van der Waals surface area contributed by atoms with Crippen LogP contribution in [0.15, 0.2) is 18.2 Å². The van der Waals surface area contributed by atoms with E-state index in [1.807, 2.05) is 6.92 Å². The number of carbonyl (C=O) groups excluding carboxylic acids is 2. The normalized spacial score (nSPS) is 15.4. The fourth-order valence-corrected chi connectivity index (χ4v) is 2.38. The molecule has 1 heterocycles. The second-order valence-corrected chi connectivity index (χ2v) is 5.67. The number of nitrogens with zero attached hydrogens (tertiary/aromatic N) is 1. The first-order valence-electron chi connectivity index (χ1n) is 7.34. The van der Waals surface area contributed by atoms with Crippen LogP contribution in [0.4, 0.5) is 5.69 Å². The quantitative estimate of drug-likeness (QED) is 0.710. The van der Waals surface area contributed by atoms with Gasteiger partial charge in [0.25, 0.3) is 0 Å². The van der Waals surface area contributed by atoms with E-state index < -0.39 is 11.8 Å². The van der Waals surface area contributed by atoms with E-state index in [2.05, 4.69) is 20.9 Å². The largest absolute Gasteiger partial charge is 0.347 e. The van der Waals surface area contributed by atoms with Crippen molar-refractivity contribution in [2.24, 2.45) is 0 Å². The van der Waals surface area contributed by atoms with Crippen molar-refractivity contribution in [1.29, 1.82) is 0 Å². The molecule has 1 aromatic carbocycles. The van der Waals surface area contributed by atoms with Gasteiger partial charge in [-0.05, 0) is 24.6 Å². The summed E-state index contributed by atoms with van der Waals surface area (Å²) in [5, 5.41) is 8.99. The van der Waals surface area contributed by atoms with Crippen molar-refractivity contribution in [2.75, 3.05) is 44.6 Å². The van der Waals surface area contributed by atoms with E-state index in [4.69, 9.17) is 11.6 Å². The van der Waals surface area contributed by atoms with Crippen LogP contribution in [0, 0.1) is 6.92 Å². The fourth-order valence-electron chi connectivity index (χ4n) is 2.20. The van der Waals surface area contributed by atoms with Gasteiger partial charge in [-0.2, -0.15) is 0 Å². The van der Waals surface area contributed by atoms with Gasteiger partial charge < -0.3 is 16.0 Å². The summed E-state index contributed by atoms with van der Waals surface area (Å²) in [4.78, 5) is 25.8. The second-order valence-electron chi connectivity index (χ2n) is 5.27. The number of halogens is 1. The van der Waals surface area contributed by atoms with E-state index >= 15 is 0 Å². The zero-order chi connectivity index (χ0) is 15.9. The molecule has 0 atom stereocenters. The van der Waals surface area contributed by atoms with Crippen LogP contribution in [-0.4, -0.2) is 56.0 Å². The van der Waals surface area contributed by atoms with E-state index in [0.29, 0.717) is 17.3 Å². The molecule has 0 radical (unpaired) electrons. The number of rotatable bonds is 4. The molecule has 0 spiro atoms. The van der Waals surface area contributed by atoms with Gasteiger partial charge in [-0.1, -0.05) is 17.7 Å². The highest BCUT2D eigenvalue weighted by Gasteiger charge is 2.15. The predicted molar refractivity (Wildman–Crippen MR) is 87.1 cm³/mol. The molecule has 0 bridgehead atoms. The number of hydrogen-bond acceptors (Lipinski definition) is 4. The number of piperazine rings is 1. The van der Waals surface area contributed by atoms with Crippen LogP contribution in [0.3, 0.4) is 0 Å². The van der Waals surface area contributed by atoms with E-state index in [9.17, 15) is 9.59 Å². The number of carbonyl (C=O) groups is 2. The summed E-state index contributed by atoms with van der Waals surface area (Å²) < 4.78 is 0. The smallest absolute Gasteiger partial charge is 0.313 e. The van der Waals surface area contributed by atoms with Crippen LogP contribution in [0.5, 0.6) is 0 Å². The minimum absolute atomic E-state index is 0.459. The minimum atomic E-state index is -0.680. The zero-order valence-corrected chi connectivity index (χ0v) is 13.4. The Morgan fingerprint density at radius 3 is 2.68 bits per heavy atom. The third-order valence-electron chi connectivity index (χ3n) is 3.56. The van der Waals surface area contributed by atoms with E-state index in [-0.39, 0.29) is 0 Å². The molecule has 7 heteroatoms. The minimum Gasteiger partial charge on any atom is -0.347 e. The average Bonchev–Trinajstić information content (AvgIpc) is 2.52. The summed E-state index contributed by atoms with van der Waals surface area (Å²) in [5.41, 5.74) is 1.43. The molecule has 1 aliphatic rings. The number of hydrogen-bond donors (Lipinski definition) is 3. The summed E-state index contributed by atoms with van der Waals surface area (Å²) in [6.45, 7) is 6.92. The molecule has 2 amide bonds. The zero-order valence-electron chi connectivity index (χ0n) is 12.6. The third kappa shape index (κ3) is 4.98. The fraction of sp³-hybridized carbons (Fsp3) is 0.467. The van der Waals surface area contributed by atoms with Gasteiger partial charge in [-0.15, -0.1) is 0 Å². The SMILES string of the molecule is Cc1ccc(NC(=O)C(=O)NCCN2CCNCC2)cc1Cl. The van der Waals surface area contributed by atoms with Gasteiger partial charge in [0.1, 0.15) is 0 Å². The molecular formula is C15H21ClN4O2. The monoisotopic (exact) mass is 324 g/mol. The Hall–Kier alpha value is -1.63. The van der Waals surface area contributed by atoms with Crippen LogP contribution < -0.4 is 16.0 Å². The van der Waals surface area contributed by atoms with Gasteiger partial charge in [-0.25, -0.2) is 0 Å². The van der Waals surface area contributed by atoms with Crippen molar-refractivity contribution < 1.29 is 9.59 Å². The molecule has 22 heavy (non-hydrogen) atoms. The molecule has 0 saturated carbocycles. The summed E-state index contributed by atoms with van der Waals surface area (Å²) in [6.07, 6.45) is 0. The van der Waals surface area contributed by atoms with E-state index in [0.717, 1.165) is 38.3 Å². The Morgan fingerprint density at radius 2 is 2.00 bits per heavy atom. The first-order valence-corrected chi connectivity index (χ1v) is 7.72. The summed E-state index contributed by atoms with van der Waals surface area (Å²) in [6, 6.07) is 5.14.